The fourth-order valence-corrected chi connectivity index (χ4v) is 26.4. The van der Waals surface area contributed by atoms with Crippen molar-refractivity contribution in [1.29, 1.82) is 0 Å². The average Bonchev–Trinajstić information content (AvgIpc) is 1.49. The van der Waals surface area contributed by atoms with Crippen LogP contribution in [0.2, 0.25) is 0 Å². The van der Waals surface area contributed by atoms with Crippen molar-refractivity contribution in [1.82, 2.24) is 9.13 Å². The van der Waals surface area contributed by atoms with Gasteiger partial charge < -0.3 is 23.4 Å². The predicted molar refractivity (Wildman–Crippen MR) is 584 cm³/mol. The number of thiophene rings is 1. The molecule has 0 saturated carbocycles. The second-order valence-corrected chi connectivity index (χ2v) is 38.9. The minimum atomic E-state index is -0.742. The van der Waals surface area contributed by atoms with E-state index in [1.54, 1.807) is 0 Å². The van der Waals surface area contributed by atoms with Gasteiger partial charge in [0.25, 0.3) is 0 Å². The lowest BCUT2D eigenvalue weighted by atomic mass is 9.65. The lowest BCUT2D eigenvalue weighted by Gasteiger charge is -2.39. The van der Waals surface area contributed by atoms with Crippen LogP contribution >= 0.6 is 11.3 Å². The molecule has 22 aromatic carbocycles. The van der Waals surface area contributed by atoms with Crippen LogP contribution in [0.25, 0.3) is 197 Å². The summed E-state index contributed by atoms with van der Waals surface area (Å²) in [6, 6.07) is 187. The molecule has 4 aliphatic rings. The molecular formula is C134H82N4OS. The van der Waals surface area contributed by atoms with E-state index in [2.05, 4.69) is 510 Å². The van der Waals surface area contributed by atoms with Gasteiger partial charge in [0.2, 0.25) is 0 Å². The smallest absolute Gasteiger partial charge is 0.135 e. The van der Waals surface area contributed by atoms with E-state index < -0.39 is 10.8 Å². The van der Waals surface area contributed by atoms with Crippen molar-refractivity contribution in [3.8, 4) is 112 Å². The van der Waals surface area contributed by atoms with Gasteiger partial charge >= 0.3 is 0 Å². The van der Waals surface area contributed by atoms with Crippen LogP contribution in [0, 0.1) is 0 Å². The number of hydrogen-bond acceptors (Lipinski definition) is 4. The molecule has 26 aromatic rings. The van der Waals surface area contributed by atoms with Crippen LogP contribution in [0.3, 0.4) is 0 Å². The van der Waals surface area contributed by atoms with Gasteiger partial charge in [0.15, 0.2) is 0 Å². The van der Waals surface area contributed by atoms with E-state index in [0.29, 0.717) is 0 Å². The summed E-state index contributed by atoms with van der Waals surface area (Å²) in [5.41, 5.74) is 45.4. The van der Waals surface area contributed by atoms with Gasteiger partial charge in [-0.1, -0.05) is 382 Å². The fraction of sp³-hybridized carbons (Fsp3) is 0.0149. The Morgan fingerprint density at radius 2 is 0.586 bits per heavy atom. The van der Waals surface area contributed by atoms with E-state index in [9.17, 15) is 0 Å². The van der Waals surface area contributed by atoms with Gasteiger partial charge in [0.05, 0.1) is 67.0 Å². The molecule has 6 heterocycles. The van der Waals surface area contributed by atoms with Gasteiger partial charge in [-0.15, -0.1) is 11.3 Å². The first kappa shape index (κ1) is 78.4. The predicted octanol–water partition coefficient (Wildman–Crippen LogP) is 36.1. The summed E-state index contributed by atoms with van der Waals surface area (Å²) in [6.07, 6.45) is 0. The molecule has 30 rings (SSSR count). The third-order valence-corrected chi connectivity index (χ3v) is 32.1. The maximum Gasteiger partial charge on any atom is 0.135 e. The van der Waals surface area contributed by atoms with Crippen LogP contribution in [-0.2, 0) is 10.8 Å². The molecule has 0 saturated heterocycles. The number of benzene rings is 22. The highest BCUT2D eigenvalue weighted by Gasteiger charge is 2.54. The zero-order chi connectivity index (χ0) is 91.6. The van der Waals surface area contributed by atoms with Crippen LogP contribution in [0.15, 0.2) is 502 Å². The van der Waals surface area contributed by atoms with Crippen molar-refractivity contribution in [2.75, 3.05) is 9.80 Å². The maximum absolute atomic E-state index is 6.36. The highest BCUT2D eigenvalue weighted by atomic mass is 32.1. The maximum atomic E-state index is 6.36. The molecule has 0 bridgehead atoms. The fourth-order valence-electron chi connectivity index (χ4n) is 25.2. The number of furan rings is 1. The van der Waals surface area contributed by atoms with Crippen molar-refractivity contribution in [2.45, 2.75) is 10.8 Å². The van der Waals surface area contributed by atoms with Gasteiger partial charge in [-0.05, 0) is 238 Å². The molecule has 2 atom stereocenters. The topological polar surface area (TPSA) is 29.5 Å². The first-order valence-electron chi connectivity index (χ1n) is 48.4. The Kier molecular flexibility index (Phi) is 17.0. The zero-order valence-corrected chi connectivity index (χ0v) is 76.8. The van der Waals surface area contributed by atoms with Crippen LogP contribution in [0.1, 0.15) is 44.5 Å². The molecule has 0 radical (unpaired) electrons. The summed E-state index contributed by atoms with van der Waals surface area (Å²) >= 11 is 1.89. The number of fused-ring (bicyclic) bond motifs is 30. The Morgan fingerprint density at radius 1 is 0.207 bits per heavy atom. The Morgan fingerprint density at radius 3 is 1.21 bits per heavy atom. The molecule has 5 nitrogen and oxygen atoms in total. The minimum absolute atomic E-state index is 0.650. The van der Waals surface area contributed by atoms with Crippen LogP contribution in [0.4, 0.5) is 34.1 Å². The molecule has 2 aliphatic heterocycles. The largest absolute Gasteiger partial charge is 0.456 e. The van der Waals surface area contributed by atoms with E-state index in [1.807, 2.05) is 17.4 Å². The molecule has 2 aliphatic carbocycles. The van der Waals surface area contributed by atoms with E-state index in [1.165, 1.54) is 181 Å². The Bertz CT molecular complexity index is 9730. The number of aromatic nitrogens is 2. The minimum Gasteiger partial charge on any atom is -0.456 e. The molecule has 650 valence electrons. The van der Waals surface area contributed by atoms with Crippen molar-refractivity contribution >= 4 is 131 Å². The van der Waals surface area contributed by atoms with Gasteiger partial charge in [-0.3, -0.25) is 0 Å². The summed E-state index contributed by atoms with van der Waals surface area (Å²) < 4.78 is 14.0. The zero-order valence-electron chi connectivity index (χ0n) is 75.9. The Labute approximate surface area is 812 Å². The van der Waals surface area contributed by atoms with Crippen LogP contribution in [0.5, 0.6) is 0 Å². The van der Waals surface area contributed by atoms with E-state index in [4.69, 9.17) is 4.42 Å². The number of nitrogens with zero attached hydrogens (tertiary/aromatic N) is 4. The van der Waals surface area contributed by atoms with E-state index in [-0.39, 0.29) is 0 Å². The lowest BCUT2D eigenvalue weighted by Crippen LogP contribution is -2.33. The third-order valence-electron chi connectivity index (χ3n) is 30.9. The molecule has 0 fully saturated rings. The van der Waals surface area contributed by atoms with Crippen LogP contribution < -0.4 is 9.80 Å². The second-order valence-electron chi connectivity index (χ2n) is 37.8. The average molecular weight is 1800 g/mol. The van der Waals surface area contributed by atoms with Crippen molar-refractivity contribution in [3.05, 3.63) is 542 Å². The molecule has 140 heavy (non-hydrogen) atoms. The highest BCUT2D eigenvalue weighted by Crippen LogP contribution is 2.67. The number of anilines is 6. The van der Waals surface area contributed by atoms with Crippen molar-refractivity contribution in [3.63, 3.8) is 0 Å². The third kappa shape index (κ3) is 11.1. The molecule has 0 N–H and O–H groups in total. The highest BCUT2D eigenvalue weighted by molar-refractivity contribution is 7.26. The molecule has 4 aromatic heterocycles. The quantitative estimate of drug-likeness (QED) is 0.115. The summed E-state index contributed by atoms with van der Waals surface area (Å²) in [5, 5.41) is 9.69. The number of rotatable bonds is 13. The first-order chi connectivity index (χ1) is 69.5. The summed E-state index contributed by atoms with van der Waals surface area (Å²) in [7, 11) is 0. The number of hydrogen-bond donors (Lipinski definition) is 0. The van der Waals surface area contributed by atoms with E-state index >= 15 is 0 Å². The summed E-state index contributed by atoms with van der Waals surface area (Å²) in [4.78, 5) is 5.11. The van der Waals surface area contributed by atoms with Gasteiger partial charge in [0, 0.05) is 86.1 Å². The van der Waals surface area contributed by atoms with Crippen molar-refractivity contribution < 1.29 is 4.42 Å². The molecule has 2 unspecified atom stereocenters. The summed E-state index contributed by atoms with van der Waals surface area (Å²) in [6.45, 7) is 0. The van der Waals surface area contributed by atoms with Gasteiger partial charge in [-0.2, -0.15) is 0 Å². The first-order valence-corrected chi connectivity index (χ1v) is 49.2. The van der Waals surface area contributed by atoms with E-state index in [0.717, 1.165) is 95.0 Å². The normalized spacial score (nSPS) is 14.5. The second kappa shape index (κ2) is 30.3. The lowest BCUT2D eigenvalue weighted by molar-refractivity contribution is 0.669. The van der Waals surface area contributed by atoms with Crippen molar-refractivity contribution in [2.24, 2.45) is 0 Å². The number of para-hydroxylation sites is 8. The van der Waals surface area contributed by atoms with Gasteiger partial charge in [-0.25, -0.2) is 0 Å². The summed E-state index contributed by atoms with van der Waals surface area (Å²) in [5.74, 6) is 0. The SMILES string of the molecule is c1ccc(-c2cccc(-c3ccccc3N(c3ccc(-c4cccc5c4sc4ccc(-c6cccc7c6c6cccc8c6n7-c6ccccc6C86c7ccccc7-c7c(N(c8ccc(-c9ccc%10oc%11ccccc%11c%10c9)cc8)c8ccccc8-c8cccc(-c9ccccc9)c8)cccc76)cc45)cc3)c3cccc4c3-c3ccccc3C43c4ccccc4-n4c5ccccc5c5cccc3c54)c2)cc1. The van der Waals surface area contributed by atoms with Gasteiger partial charge in [0.1, 0.15) is 11.2 Å². The molecule has 6 heteroatoms. The Hall–Kier alpha value is -17.9. The Balaban J connectivity index is 0.556. The molecule has 0 amide bonds. The van der Waals surface area contributed by atoms with Crippen LogP contribution in [-0.4, -0.2) is 9.13 Å². The molecule has 2 spiro atoms. The standard InChI is InChI=1S/C134H82N4OS/c1-3-31-83(32-4-1)87-35-23-37-90(79-87)95-39-9-17-58-116(95)135(93-73-67-85(68-74-93)89-71-77-125-106(81-89)100-42-12-22-66-124(100)139-125)122-64-30-55-113-129(122)104-44-8-14-51-109(104)134(113)111-53-16-21-62-120(111)138-121-63-28-45-97(127(121)105-49-27-57-115(134)131(105)138)92-72-78-126-107(82-92)102-48-25-46-98(132(102)140-126)86-69-75-94(76-70-86)136(117-59-18-10-40-96(117)91-38-24-36-88(80-91)84-33-5-2-6-34-84)123-65-29-54-112-128(123)103-43-7-13-50-108(103)133(112)110-52-15-20-61-119(110)137-118-60-19-11-41-99(118)101-47-26-56-114(133)130(101)137/h1-82H. The monoisotopic (exact) mass is 1790 g/mol. The molecular weight excluding hydrogens is 1710 g/mol.